The molecule has 0 heterocycles. The van der Waals surface area contributed by atoms with E-state index >= 15 is 0 Å². The van der Waals surface area contributed by atoms with Crippen LogP contribution in [0, 0.1) is 5.92 Å². The molecule has 6 heteroatoms. The summed E-state index contributed by atoms with van der Waals surface area (Å²) in [6.07, 6.45) is 5.23. The minimum absolute atomic E-state index is 0.0949. The summed E-state index contributed by atoms with van der Waals surface area (Å²) in [6, 6.07) is 4.99. The molecule has 0 aliphatic heterocycles. The van der Waals surface area contributed by atoms with Gasteiger partial charge in [0, 0.05) is 36.3 Å². The number of carbonyl (C=O) groups is 3. The molecule has 0 unspecified atom stereocenters. The van der Waals surface area contributed by atoms with Crippen LogP contribution in [0.25, 0.3) is 0 Å². The molecule has 0 fully saturated rings. The Morgan fingerprint density at radius 3 is 1.79 bits per heavy atom. The summed E-state index contributed by atoms with van der Waals surface area (Å²) in [5.74, 6) is 0.0946. The smallest absolute Gasteiger partial charge is 0.251 e. The second kappa shape index (κ2) is 12.9. The lowest BCUT2D eigenvalue weighted by Gasteiger charge is -2.13. The highest BCUT2D eigenvalue weighted by atomic mass is 16.2. The minimum atomic E-state index is -0.214. The molecule has 0 saturated heterocycles. The maximum atomic E-state index is 12.5. The number of benzene rings is 1. The van der Waals surface area contributed by atoms with E-state index in [1.807, 2.05) is 13.8 Å². The van der Waals surface area contributed by atoms with Gasteiger partial charge in [0.1, 0.15) is 0 Å². The fourth-order valence-corrected chi connectivity index (χ4v) is 2.60. The van der Waals surface area contributed by atoms with Crippen LogP contribution in [0.5, 0.6) is 0 Å². The lowest BCUT2D eigenvalue weighted by Crippen LogP contribution is -2.25. The molecule has 0 saturated carbocycles. The van der Waals surface area contributed by atoms with Gasteiger partial charge in [-0.15, -0.1) is 0 Å². The number of hydrogen-bond donors (Lipinski definition) is 3. The highest BCUT2D eigenvalue weighted by molar-refractivity contribution is 6.00. The first-order chi connectivity index (χ1) is 13.3. The Morgan fingerprint density at radius 2 is 1.36 bits per heavy atom. The monoisotopic (exact) mass is 389 g/mol. The van der Waals surface area contributed by atoms with Crippen LogP contribution in [0.15, 0.2) is 18.2 Å². The van der Waals surface area contributed by atoms with Gasteiger partial charge in [-0.1, -0.05) is 40.5 Å². The van der Waals surface area contributed by atoms with Gasteiger partial charge in [0.2, 0.25) is 11.8 Å². The molecule has 1 rings (SSSR count). The quantitative estimate of drug-likeness (QED) is 0.483. The second-order valence-corrected chi connectivity index (χ2v) is 7.54. The molecular weight excluding hydrogens is 354 g/mol. The van der Waals surface area contributed by atoms with E-state index in [1.165, 1.54) is 0 Å². The summed E-state index contributed by atoms with van der Waals surface area (Å²) >= 11 is 0. The van der Waals surface area contributed by atoms with Gasteiger partial charge in [-0.2, -0.15) is 0 Å². The van der Waals surface area contributed by atoms with Gasteiger partial charge < -0.3 is 16.0 Å². The maximum Gasteiger partial charge on any atom is 0.251 e. The van der Waals surface area contributed by atoms with E-state index in [4.69, 9.17) is 0 Å². The largest absolute Gasteiger partial charge is 0.352 e. The first-order valence-corrected chi connectivity index (χ1v) is 10.4. The zero-order chi connectivity index (χ0) is 20.9. The van der Waals surface area contributed by atoms with Crippen LogP contribution in [0.1, 0.15) is 83.0 Å². The van der Waals surface area contributed by atoms with Gasteiger partial charge in [-0.05, 0) is 43.4 Å². The highest BCUT2D eigenvalue weighted by Gasteiger charge is 2.12. The van der Waals surface area contributed by atoms with Crippen molar-refractivity contribution in [2.75, 3.05) is 17.2 Å². The number of carbonyl (C=O) groups excluding carboxylic acids is 3. The van der Waals surface area contributed by atoms with Crippen molar-refractivity contribution in [2.24, 2.45) is 5.92 Å². The molecule has 1 aromatic rings. The van der Waals surface area contributed by atoms with Crippen molar-refractivity contribution < 1.29 is 14.4 Å². The Bertz CT molecular complexity index is 616. The van der Waals surface area contributed by atoms with Crippen molar-refractivity contribution in [1.29, 1.82) is 0 Å². The Balaban J connectivity index is 2.93. The van der Waals surface area contributed by atoms with Gasteiger partial charge in [0.15, 0.2) is 0 Å². The number of nitrogens with one attached hydrogen (secondary N) is 3. The summed E-state index contributed by atoms with van der Waals surface area (Å²) in [5.41, 5.74) is 1.45. The standard InChI is InChI=1S/C22H35N3O3/c1-5-7-9-20(26)24-18-13-17(22(28)23-12-11-16(3)4)14-19(15-18)25-21(27)10-8-6-2/h13-16H,5-12H2,1-4H3,(H,23,28)(H,24,26)(H,25,27). The van der Waals surface area contributed by atoms with Crippen molar-refractivity contribution in [1.82, 2.24) is 5.32 Å². The molecule has 0 aromatic heterocycles. The fourth-order valence-electron chi connectivity index (χ4n) is 2.60. The highest BCUT2D eigenvalue weighted by Crippen LogP contribution is 2.20. The molecule has 6 nitrogen and oxygen atoms in total. The lowest BCUT2D eigenvalue weighted by atomic mass is 10.1. The molecule has 0 bridgehead atoms. The topological polar surface area (TPSA) is 87.3 Å². The van der Waals surface area contributed by atoms with Crippen LogP contribution in [-0.2, 0) is 9.59 Å². The van der Waals surface area contributed by atoms with Crippen LogP contribution in [-0.4, -0.2) is 24.3 Å². The first-order valence-electron chi connectivity index (χ1n) is 10.4. The number of amides is 3. The van der Waals surface area contributed by atoms with Crippen molar-refractivity contribution in [2.45, 2.75) is 72.6 Å². The molecular formula is C22H35N3O3. The van der Waals surface area contributed by atoms with Crippen molar-refractivity contribution in [3.05, 3.63) is 23.8 Å². The predicted octanol–water partition coefficient (Wildman–Crippen LogP) is 4.72. The zero-order valence-corrected chi connectivity index (χ0v) is 17.7. The van der Waals surface area contributed by atoms with E-state index in [2.05, 4.69) is 29.8 Å². The minimum Gasteiger partial charge on any atom is -0.352 e. The average molecular weight is 390 g/mol. The Kier molecular flexibility index (Phi) is 10.9. The first kappa shape index (κ1) is 23.7. The normalized spacial score (nSPS) is 10.6. The van der Waals surface area contributed by atoms with Crippen LogP contribution in [0.4, 0.5) is 11.4 Å². The predicted molar refractivity (Wildman–Crippen MR) is 115 cm³/mol. The van der Waals surface area contributed by atoms with Crippen molar-refractivity contribution in [3.8, 4) is 0 Å². The molecule has 28 heavy (non-hydrogen) atoms. The molecule has 0 aliphatic carbocycles. The molecule has 0 radical (unpaired) electrons. The van der Waals surface area contributed by atoms with Gasteiger partial charge in [0.25, 0.3) is 5.91 Å². The molecule has 156 valence electrons. The summed E-state index contributed by atoms with van der Waals surface area (Å²) < 4.78 is 0. The third kappa shape index (κ3) is 9.53. The Hall–Kier alpha value is -2.37. The van der Waals surface area contributed by atoms with Gasteiger partial charge in [-0.25, -0.2) is 0 Å². The third-order valence-corrected chi connectivity index (χ3v) is 4.28. The molecule has 0 spiro atoms. The van der Waals surface area contributed by atoms with Crippen LogP contribution < -0.4 is 16.0 Å². The van der Waals surface area contributed by atoms with Crippen LogP contribution in [0.3, 0.4) is 0 Å². The Labute approximate surface area is 168 Å². The molecule has 3 amide bonds. The van der Waals surface area contributed by atoms with Gasteiger partial charge in [-0.3, -0.25) is 14.4 Å². The van der Waals surface area contributed by atoms with E-state index in [0.717, 1.165) is 32.1 Å². The summed E-state index contributed by atoms with van der Waals surface area (Å²) in [6.45, 7) is 8.84. The average Bonchev–Trinajstić information content (AvgIpc) is 2.64. The number of rotatable bonds is 12. The molecule has 0 aliphatic rings. The fraction of sp³-hybridized carbons (Fsp3) is 0.591. The number of hydrogen-bond acceptors (Lipinski definition) is 3. The van der Waals surface area contributed by atoms with E-state index in [9.17, 15) is 14.4 Å². The van der Waals surface area contributed by atoms with Gasteiger partial charge in [0.05, 0.1) is 0 Å². The third-order valence-electron chi connectivity index (χ3n) is 4.28. The van der Waals surface area contributed by atoms with Crippen molar-refractivity contribution in [3.63, 3.8) is 0 Å². The molecule has 1 aromatic carbocycles. The van der Waals surface area contributed by atoms with E-state index in [-0.39, 0.29) is 17.7 Å². The summed E-state index contributed by atoms with van der Waals surface area (Å²) in [4.78, 5) is 36.7. The SMILES string of the molecule is CCCCC(=O)Nc1cc(NC(=O)CCCC)cc(C(=O)NCCC(C)C)c1. The molecule has 0 atom stereocenters. The van der Waals surface area contributed by atoms with Crippen LogP contribution in [0.2, 0.25) is 0 Å². The maximum absolute atomic E-state index is 12.5. The molecule has 3 N–H and O–H groups in total. The van der Waals surface area contributed by atoms with Crippen LogP contribution >= 0.6 is 0 Å². The van der Waals surface area contributed by atoms with E-state index in [0.29, 0.717) is 42.2 Å². The Morgan fingerprint density at radius 1 is 0.857 bits per heavy atom. The summed E-state index contributed by atoms with van der Waals surface area (Å²) in [5, 5.41) is 8.56. The zero-order valence-electron chi connectivity index (χ0n) is 17.7. The number of anilines is 2. The van der Waals surface area contributed by atoms with Gasteiger partial charge >= 0.3 is 0 Å². The van der Waals surface area contributed by atoms with Crippen molar-refractivity contribution >= 4 is 29.1 Å². The summed E-state index contributed by atoms with van der Waals surface area (Å²) in [7, 11) is 0. The van der Waals surface area contributed by atoms with E-state index < -0.39 is 0 Å². The second-order valence-electron chi connectivity index (χ2n) is 7.54. The number of unbranched alkanes of at least 4 members (excludes halogenated alkanes) is 2. The lowest BCUT2D eigenvalue weighted by molar-refractivity contribution is -0.117. The van der Waals surface area contributed by atoms with E-state index in [1.54, 1.807) is 18.2 Å².